The number of hydrogen-bond acceptors (Lipinski definition) is 2. The van der Waals surface area contributed by atoms with Crippen LogP contribution in [0.5, 0.6) is 0 Å². The second kappa shape index (κ2) is 6.60. The second-order valence-corrected chi connectivity index (χ2v) is 7.75. The molecule has 0 atom stereocenters. The van der Waals surface area contributed by atoms with E-state index in [1.807, 2.05) is 18.0 Å². The van der Waals surface area contributed by atoms with E-state index in [4.69, 9.17) is 0 Å². The van der Waals surface area contributed by atoms with Crippen molar-refractivity contribution in [3.05, 3.63) is 35.0 Å². The van der Waals surface area contributed by atoms with Crippen molar-refractivity contribution in [2.45, 2.75) is 53.4 Å². The molecule has 1 aromatic heterocycles. The van der Waals surface area contributed by atoms with Crippen LogP contribution in [0.2, 0.25) is 0 Å². The highest BCUT2D eigenvalue weighted by Crippen LogP contribution is 2.26. The van der Waals surface area contributed by atoms with E-state index in [1.165, 1.54) is 12.0 Å². The molecule has 1 nitrogen and oxygen atoms in total. The van der Waals surface area contributed by atoms with E-state index in [9.17, 15) is 0 Å². The molecule has 0 N–H and O–H groups in total. The van der Waals surface area contributed by atoms with E-state index in [0.717, 1.165) is 11.4 Å². The number of nitrogens with zero attached hydrogens (tertiary/aromatic N) is 1. The topological polar surface area (TPSA) is 12.9 Å². The number of thioether (sulfide) groups is 1. The van der Waals surface area contributed by atoms with Crippen LogP contribution in [0.25, 0.3) is 6.08 Å². The fraction of sp³-hybridized carbons (Fsp3) is 0.588. The minimum atomic E-state index is 0.183. The third kappa shape index (κ3) is 5.82. The normalized spacial score (nSPS) is 13.2. The van der Waals surface area contributed by atoms with Crippen molar-refractivity contribution in [2.75, 3.05) is 5.75 Å². The van der Waals surface area contributed by atoms with Crippen molar-refractivity contribution in [1.82, 2.24) is 4.98 Å². The molecule has 0 amide bonds. The van der Waals surface area contributed by atoms with Gasteiger partial charge >= 0.3 is 0 Å². The van der Waals surface area contributed by atoms with Gasteiger partial charge in [0.1, 0.15) is 0 Å². The zero-order chi connectivity index (χ0) is 14.5. The van der Waals surface area contributed by atoms with Gasteiger partial charge in [-0.1, -0.05) is 48.0 Å². The summed E-state index contributed by atoms with van der Waals surface area (Å²) in [7, 11) is 0. The fourth-order valence-electron chi connectivity index (χ4n) is 1.50. The Morgan fingerprint density at radius 3 is 2.47 bits per heavy atom. The van der Waals surface area contributed by atoms with Crippen molar-refractivity contribution in [2.24, 2.45) is 5.41 Å². The molecule has 0 radical (unpaired) electrons. The minimum absolute atomic E-state index is 0.183. The van der Waals surface area contributed by atoms with E-state index in [2.05, 4.69) is 70.1 Å². The third-order valence-electron chi connectivity index (χ3n) is 3.41. The summed E-state index contributed by atoms with van der Waals surface area (Å²) in [5.74, 6) is 1.15. The van der Waals surface area contributed by atoms with Crippen LogP contribution in [0.1, 0.15) is 59.2 Å². The van der Waals surface area contributed by atoms with Gasteiger partial charge in [-0.25, -0.2) is 0 Å². The van der Waals surface area contributed by atoms with Crippen molar-refractivity contribution in [3.8, 4) is 0 Å². The van der Waals surface area contributed by atoms with E-state index in [1.54, 1.807) is 0 Å². The first kappa shape index (κ1) is 16.3. The van der Waals surface area contributed by atoms with Gasteiger partial charge in [0.2, 0.25) is 0 Å². The Balaban J connectivity index is 2.63. The van der Waals surface area contributed by atoms with Crippen LogP contribution in [0.15, 0.2) is 23.7 Å². The monoisotopic (exact) mass is 277 g/mol. The maximum absolute atomic E-state index is 4.41. The van der Waals surface area contributed by atoms with Crippen LogP contribution >= 0.6 is 11.8 Å². The predicted octanol–water partition coefficient (Wildman–Crippen LogP) is 5.52. The molecule has 0 aliphatic rings. The lowest BCUT2D eigenvalue weighted by atomic mass is 9.87. The van der Waals surface area contributed by atoms with Gasteiger partial charge < -0.3 is 0 Å². The molecule has 0 saturated carbocycles. The molecule has 1 aromatic rings. The predicted molar refractivity (Wildman–Crippen MR) is 88.5 cm³/mol. The van der Waals surface area contributed by atoms with E-state index >= 15 is 0 Å². The minimum Gasteiger partial charge on any atom is -0.257 e. The van der Waals surface area contributed by atoms with E-state index in [0.29, 0.717) is 5.41 Å². The van der Waals surface area contributed by atoms with Crippen LogP contribution < -0.4 is 0 Å². The smallest absolute Gasteiger partial charge is 0.0637 e. The lowest BCUT2D eigenvalue weighted by Gasteiger charge is -2.20. The first-order valence-corrected chi connectivity index (χ1v) is 8.04. The summed E-state index contributed by atoms with van der Waals surface area (Å²) in [6, 6.07) is 4.28. The molecule has 0 fully saturated rings. The van der Waals surface area contributed by atoms with Crippen molar-refractivity contribution in [3.63, 3.8) is 0 Å². The summed E-state index contributed by atoms with van der Waals surface area (Å²) in [5.41, 5.74) is 2.98. The maximum atomic E-state index is 4.41. The Hall–Kier alpha value is -0.760. The Labute approximate surface area is 122 Å². The summed E-state index contributed by atoms with van der Waals surface area (Å²) in [5, 5.41) is 2.17. The highest BCUT2D eigenvalue weighted by Gasteiger charge is 2.14. The molecule has 0 saturated heterocycles. The molecule has 0 unspecified atom stereocenters. The molecule has 0 spiro atoms. The second-order valence-electron chi connectivity index (χ2n) is 6.85. The Kier molecular flexibility index (Phi) is 5.66. The van der Waals surface area contributed by atoms with Crippen LogP contribution in [0.4, 0.5) is 0 Å². The first-order chi connectivity index (χ1) is 8.74. The lowest BCUT2D eigenvalue weighted by Crippen LogP contribution is -2.12. The van der Waals surface area contributed by atoms with Crippen molar-refractivity contribution in [1.29, 1.82) is 0 Å². The van der Waals surface area contributed by atoms with Gasteiger partial charge in [0.15, 0.2) is 0 Å². The van der Waals surface area contributed by atoms with Crippen LogP contribution in [-0.4, -0.2) is 10.7 Å². The largest absolute Gasteiger partial charge is 0.257 e. The van der Waals surface area contributed by atoms with Crippen molar-refractivity contribution < 1.29 is 0 Å². The van der Waals surface area contributed by atoms with Gasteiger partial charge in [0.25, 0.3) is 0 Å². The van der Waals surface area contributed by atoms with Crippen molar-refractivity contribution >= 4 is 17.8 Å². The molecule has 2 heteroatoms. The highest BCUT2D eigenvalue weighted by molar-refractivity contribution is 8.02. The summed E-state index contributed by atoms with van der Waals surface area (Å²) >= 11 is 1.87. The SMILES string of the molecule is CCC(C)(C)CS/C=C/c1cc(C(C)(C)C)ccn1. The van der Waals surface area contributed by atoms with Gasteiger partial charge in [-0.05, 0) is 40.0 Å². The van der Waals surface area contributed by atoms with Gasteiger partial charge in [-0.15, -0.1) is 11.8 Å². The molecule has 0 aliphatic carbocycles. The molecule has 106 valence electrons. The first-order valence-electron chi connectivity index (χ1n) is 6.99. The molecule has 19 heavy (non-hydrogen) atoms. The molecular formula is C17H27NS. The Bertz CT molecular complexity index is 427. The average Bonchev–Trinajstić information content (AvgIpc) is 2.34. The number of aromatic nitrogens is 1. The van der Waals surface area contributed by atoms with Gasteiger partial charge in [0, 0.05) is 11.9 Å². The van der Waals surface area contributed by atoms with Crippen LogP contribution in [-0.2, 0) is 5.41 Å². The summed E-state index contributed by atoms with van der Waals surface area (Å²) in [4.78, 5) is 4.41. The Morgan fingerprint density at radius 1 is 1.21 bits per heavy atom. The zero-order valence-electron chi connectivity index (χ0n) is 13.2. The number of rotatable bonds is 5. The summed E-state index contributed by atoms with van der Waals surface area (Å²) in [6.07, 6.45) is 5.23. The molecule has 0 aliphatic heterocycles. The summed E-state index contributed by atoms with van der Waals surface area (Å²) in [6.45, 7) is 13.6. The standard InChI is InChI=1S/C17H27NS/c1-7-17(5,6)13-19-11-9-15-12-14(8-10-18-15)16(2,3)4/h8-12H,7,13H2,1-6H3/b11-9+. The summed E-state index contributed by atoms with van der Waals surface area (Å²) < 4.78 is 0. The third-order valence-corrected chi connectivity index (χ3v) is 4.69. The number of hydrogen-bond donors (Lipinski definition) is 0. The maximum Gasteiger partial charge on any atom is 0.0637 e. The van der Waals surface area contributed by atoms with E-state index < -0.39 is 0 Å². The highest BCUT2D eigenvalue weighted by atomic mass is 32.2. The molecule has 1 heterocycles. The average molecular weight is 277 g/mol. The van der Waals surface area contributed by atoms with Gasteiger partial charge in [0.05, 0.1) is 5.69 Å². The zero-order valence-corrected chi connectivity index (χ0v) is 14.0. The van der Waals surface area contributed by atoms with Gasteiger partial charge in [-0.2, -0.15) is 0 Å². The van der Waals surface area contributed by atoms with Crippen LogP contribution in [0.3, 0.4) is 0 Å². The Morgan fingerprint density at radius 2 is 1.89 bits per heavy atom. The molecule has 0 aromatic carbocycles. The fourth-order valence-corrected chi connectivity index (χ4v) is 2.49. The molecular weight excluding hydrogens is 250 g/mol. The lowest BCUT2D eigenvalue weighted by molar-refractivity contribution is 0.408. The quantitative estimate of drug-likeness (QED) is 0.703. The van der Waals surface area contributed by atoms with Gasteiger partial charge in [-0.3, -0.25) is 4.98 Å². The molecule has 0 bridgehead atoms. The number of pyridine rings is 1. The van der Waals surface area contributed by atoms with E-state index in [-0.39, 0.29) is 5.41 Å². The molecule has 1 rings (SSSR count). The van der Waals surface area contributed by atoms with Crippen LogP contribution in [0, 0.1) is 5.41 Å².